The molecule has 5 heteroatoms. The fourth-order valence-electron chi connectivity index (χ4n) is 10.2. The molecule has 0 saturated carbocycles. The normalized spacial score (nSPS) is 18.4. The van der Waals surface area contributed by atoms with Crippen molar-refractivity contribution in [2.24, 2.45) is 0 Å². The van der Waals surface area contributed by atoms with Gasteiger partial charge >= 0.3 is 0 Å². The van der Waals surface area contributed by atoms with Gasteiger partial charge in [-0.05, 0) is 81.6 Å². The Balaban J connectivity index is 1.17. The molecule has 3 aliphatic rings. The Labute approximate surface area is 314 Å². The summed E-state index contributed by atoms with van der Waals surface area (Å²) in [7, 11) is 0. The Bertz CT molecular complexity index is 3360. The monoisotopic (exact) mass is 706 g/mol. The van der Waals surface area contributed by atoms with Gasteiger partial charge < -0.3 is 4.57 Å². The largest absolute Gasteiger partial charge is 0.309 e. The van der Waals surface area contributed by atoms with Gasteiger partial charge in [0.15, 0.2) is 0 Å². The fourth-order valence-corrected chi connectivity index (χ4v) is 11.3. The molecule has 54 heavy (non-hydrogen) atoms. The summed E-state index contributed by atoms with van der Waals surface area (Å²) in [4.78, 5) is 13.7. The maximum absolute atomic E-state index is 5.67. The van der Waals surface area contributed by atoms with E-state index in [2.05, 4.69) is 174 Å². The molecule has 252 valence electrons. The fraction of sp³-hybridized carbons (Fsp3) is 0.0612. The summed E-state index contributed by atoms with van der Waals surface area (Å²) in [5.41, 5.74) is 11.5. The first-order valence-corrected chi connectivity index (χ1v) is 19.4. The summed E-state index contributed by atoms with van der Waals surface area (Å²) in [6.07, 6.45) is 7.03. The third-order valence-electron chi connectivity index (χ3n) is 12.4. The van der Waals surface area contributed by atoms with Crippen LogP contribution in [0, 0.1) is 0 Å². The van der Waals surface area contributed by atoms with E-state index in [4.69, 9.17) is 9.97 Å². The zero-order valence-corrected chi connectivity index (χ0v) is 30.1. The highest BCUT2D eigenvalue weighted by Crippen LogP contribution is 2.63. The summed E-state index contributed by atoms with van der Waals surface area (Å²) in [6, 6.07) is 50.9. The number of thiophene rings is 1. The quantitative estimate of drug-likeness (QED) is 0.183. The van der Waals surface area contributed by atoms with Gasteiger partial charge in [-0.3, -0.25) is 4.90 Å². The van der Waals surface area contributed by atoms with Crippen molar-refractivity contribution in [1.82, 2.24) is 14.5 Å². The predicted octanol–water partition coefficient (Wildman–Crippen LogP) is 12.9. The molecule has 0 amide bonds. The Morgan fingerprint density at radius 1 is 0.630 bits per heavy atom. The number of aromatic nitrogens is 3. The van der Waals surface area contributed by atoms with Gasteiger partial charge in [0.25, 0.3) is 0 Å². The molecule has 2 aliphatic carbocycles. The molecule has 13 rings (SSSR count). The summed E-state index contributed by atoms with van der Waals surface area (Å²) in [5, 5.41) is 8.84. The van der Waals surface area contributed by atoms with Crippen LogP contribution in [0.4, 0.5) is 11.6 Å². The molecule has 4 heterocycles. The minimum absolute atomic E-state index is 0.0782. The van der Waals surface area contributed by atoms with Gasteiger partial charge in [0, 0.05) is 43.7 Å². The van der Waals surface area contributed by atoms with E-state index in [0.717, 1.165) is 27.4 Å². The molecule has 3 aromatic heterocycles. The number of para-hydroxylation sites is 1. The summed E-state index contributed by atoms with van der Waals surface area (Å²) < 4.78 is 4.80. The average molecular weight is 707 g/mol. The number of allylic oxidation sites excluding steroid dienone is 2. The lowest BCUT2D eigenvalue weighted by Gasteiger charge is -2.40. The third-order valence-corrected chi connectivity index (χ3v) is 13.5. The number of hydrogen-bond donors (Lipinski definition) is 0. The van der Waals surface area contributed by atoms with E-state index in [-0.39, 0.29) is 5.92 Å². The van der Waals surface area contributed by atoms with Crippen LogP contribution in [-0.4, -0.2) is 20.1 Å². The molecule has 0 spiro atoms. The van der Waals surface area contributed by atoms with Crippen molar-refractivity contribution in [3.05, 3.63) is 169 Å². The van der Waals surface area contributed by atoms with Gasteiger partial charge in [0.2, 0.25) is 5.95 Å². The molecule has 4 nitrogen and oxygen atoms in total. The van der Waals surface area contributed by atoms with Crippen LogP contribution < -0.4 is 4.90 Å². The lowest BCUT2D eigenvalue weighted by molar-refractivity contribution is 0.547. The van der Waals surface area contributed by atoms with E-state index in [1.807, 2.05) is 0 Å². The third kappa shape index (κ3) is 3.49. The van der Waals surface area contributed by atoms with Crippen molar-refractivity contribution in [1.29, 1.82) is 0 Å². The van der Waals surface area contributed by atoms with E-state index in [9.17, 15) is 0 Å². The zero-order valence-electron chi connectivity index (χ0n) is 29.3. The molecule has 2 atom stereocenters. The molecule has 0 radical (unpaired) electrons. The lowest BCUT2D eigenvalue weighted by atomic mass is 9.73. The Morgan fingerprint density at radius 2 is 1.39 bits per heavy atom. The van der Waals surface area contributed by atoms with Crippen molar-refractivity contribution in [2.45, 2.75) is 18.4 Å². The molecular weight excluding hydrogens is 677 g/mol. The second kappa shape index (κ2) is 10.1. The van der Waals surface area contributed by atoms with Gasteiger partial charge in [-0.2, -0.15) is 0 Å². The van der Waals surface area contributed by atoms with Crippen molar-refractivity contribution in [3.63, 3.8) is 0 Å². The molecular formula is C49H30N4S. The van der Waals surface area contributed by atoms with Crippen molar-refractivity contribution in [3.8, 4) is 16.9 Å². The maximum Gasteiger partial charge on any atom is 0.231 e. The Kier molecular flexibility index (Phi) is 5.42. The van der Waals surface area contributed by atoms with Gasteiger partial charge in [0.1, 0.15) is 0 Å². The molecule has 0 saturated heterocycles. The van der Waals surface area contributed by atoms with Crippen LogP contribution in [-0.2, 0) is 0 Å². The molecule has 10 aromatic rings. The van der Waals surface area contributed by atoms with Crippen molar-refractivity contribution in [2.75, 3.05) is 4.90 Å². The summed E-state index contributed by atoms with van der Waals surface area (Å²) >= 11 is 1.79. The van der Waals surface area contributed by atoms with Crippen molar-refractivity contribution >= 4 is 92.2 Å². The summed E-state index contributed by atoms with van der Waals surface area (Å²) in [5.74, 6) is 0.813. The summed E-state index contributed by atoms with van der Waals surface area (Å²) in [6.45, 7) is 2.39. The van der Waals surface area contributed by atoms with Crippen LogP contribution in [0.5, 0.6) is 0 Å². The zero-order chi connectivity index (χ0) is 35.3. The van der Waals surface area contributed by atoms with Gasteiger partial charge in [0.05, 0.1) is 32.5 Å². The highest BCUT2D eigenvalue weighted by molar-refractivity contribution is 7.26. The first kappa shape index (κ1) is 29.0. The number of rotatable bonds is 3. The molecule has 7 aromatic carbocycles. The van der Waals surface area contributed by atoms with Crippen LogP contribution in [0.25, 0.3) is 86.2 Å². The molecule has 0 N–H and O–H groups in total. The smallest absolute Gasteiger partial charge is 0.231 e. The minimum atomic E-state index is -0.459. The van der Waals surface area contributed by atoms with E-state index >= 15 is 0 Å². The second-order valence-corrected chi connectivity index (χ2v) is 16.1. The first-order valence-electron chi connectivity index (χ1n) is 18.6. The Hall–Kier alpha value is -6.56. The highest BCUT2D eigenvalue weighted by atomic mass is 32.1. The van der Waals surface area contributed by atoms with Crippen LogP contribution in [0.15, 0.2) is 158 Å². The van der Waals surface area contributed by atoms with Crippen molar-refractivity contribution < 1.29 is 0 Å². The maximum atomic E-state index is 5.67. The molecule has 2 unspecified atom stereocenters. The number of benzene rings is 7. The predicted molar refractivity (Wildman–Crippen MR) is 227 cm³/mol. The van der Waals surface area contributed by atoms with Crippen LogP contribution in [0.2, 0.25) is 0 Å². The topological polar surface area (TPSA) is 34.0 Å². The first-order chi connectivity index (χ1) is 26.7. The van der Waals surface area contributed by atoms with Crippen LogP contribution in [0.1, 0.15) is 24.0 Å². The van der Waals surface area contributed by atoms with E-state index in [1.165, 1.54) is 81.5 Å². The van der Waals surface area contributed by atoms with Gasteiger partial charge in [-0.25, -0.2) is 9.97 Å². The SMILES string of the molecule is CC12C=CC=C3c4cccc5c4c4c6c(c(ccc6ccc4n5-c4ccccc4)N1c1nc(-c4cccc5ccccc45)c4sc5ccccc5c4n1)C32. The molecule has 0 fully saturated rings. The van der Waals surface area contributed by atoms with Gasteiger partial charge in [-0.1, -0.05) is 121 Å². The number of fused-ring (bicyclic) bond motifs is 5. The van der Waals surface area contributed by atoms with Gasteiger partial charge in [-0.15, -0.1) is 11.3 Å². The average Bonchev–Trinajstić information content (AvgIpc) is 3.82. The van der Waals surface area contributed by atoms with E-state index in [1.54, 1.807) is 11.3 Å². The number of nitrogens with zero attached hydrogens (tertiary/aromatic N) is 4. The number of hydrogen-bond acceptors (Lipinski definition) is 4. The minimum Gasteiger partial charge on any atom is -0.309 e. The Morgan fingerprint density at radius 3 is 2.31 bits per heavy atom. The van der Waals surface area contributed by atoms with E-state index in [0.29, 0.717) is 0 Å². The lowest BCUT2D eigenvalue weighted by Crippen LogP contribution is -2.43. The van der Waals surface area contributed by atoms with Crippen LogP contribution in [0.3, 0.4) is 0 Å². The number of anilines is 2. The standard InChI is InChI=1S/C49H30N4S/c1-49-27-11-20-33-32-18-10-21-36-41(32)42-37(52(36)30-14-3-2-4-15-30)25-23-29-24-26-38(43(40(29)42)44(33)49)53(49)48-50-45(34-19-9-13-28-12-5-6-16-31(28)34)47-46(51-48)35-17-7-8-22-39(35)54-47/h2-27,44H,1H3. The van der Waals surface area contributed by atoms with Crippen LogP contribution >= 0.6 is 11.3 Å². The highest BCUT2D eigenvalue weighted by Gasteiger charge is 2.53. The molecule has 0 bridgehead atoms. The van der Waals surface area contributed by atoms with E-state index < -0.39 is 5.54 Å². The molecule has 1 aliphatic heterocycles. The second-order valence-electron chi connectivity index (χ2n) is 15.1.